The zero-order chi connectivity index (χ0) is 16.4. The molecule has 1 aliphatic rings. The van der Waals surface area contributed by atoms with E-state index in [0.29, 0.717) is 0 Å². The molecule has 0 bridgehead atoms. The van der Waals surface area contributed by atoms with E-state index in [1.165, 1.54) is 0 Å². The summed E-state index contributed by atoms with van der Waals surface area (Å²) in [5, 5.41) is 0. The molecule has 1 heterocycles. The van der Waals surface area contributed by atoms with Crippen molar-refractivity contribution in [1.29, 1.82) is 0 Å². The molecule has 1 aliphatic heterocycles. The van der Waals surface area contributed by atoms with Gasteiger partial charge in [-0.15, -0.1) is 0 Å². The fraction of sp³-hybridized carbons (Fsp3) is 0.818. The van der Waals surface area contributed by atoms with Crippen LogP contribution in [0.25, 0.3) is 0 Å². The Labute approximate surface area is 122 Å². The SMILES string of the molecule is COC(=O)[C@@H]1C[C@@H](OS(=O)(=O)F)CN1C(=O)OC(C)(C)C. The number of amides is 1. The van der Waals surface area contributed by atoms with Crippen molar-refractivity contribution in [3.05, 3.63) is 0 Å². The van der Waals surface area contributed by atoms with E-state index in [4.69, 9.17) is 4.74 Å². The molecule has 8 nitrogen and oxygen atoms in total. The van der Waals surface area contributed by atoms with Gasteiger partial charge in [0.15, 0.2) is 0 Å². The molecule has 1 amide bonds. The number of halogens is 1. The lowest BCUT2D eigenvalue weighted by Gasteiger charge is -2.27. The van der Waals surface area contributed by atoms with Crippen LogP contribution < -0.4 is 0 Å². The van der Waals surface area contributed by atoms with Gasteiger partial charge in [-0.2, -0.15) is 8.42 Å². The van der Waals surface area contributed by atoms with Crippen LogP contribution in [0.15, 0.2) is 0 Å². The molecule has 21 heavy (non-hydrogen) atoms. The van der Waals surface area contributed by atoms with E-state index in [9.17, 15) is 21.9 Å². The number of rotatable bonds is 3. The minimum absolute atomic E-state index is 0.199. The molecule has 1 saturated heterocycles. The number of hydrogen-bond donors (Lipinski definition) is 0. The van der Waals surface area contributed by atoms with Gasteiger partial charge in [-0.3, -0.25) is 4.90 Å². The smallest absolute Gasteiger partial charge is 0.437 e. The minimum Gasteiger partial charge on any atom is -0.467 e. The maximum Gasteiger partial charge on any atom is 0.437 e. The van der Waals surface area contributed by atoms with Gasteiger partial charge in [-0.05, 0) is 20.8 Å². The van der Waals surface area contributed by atoms with Crippen molar-refractivity contribution in [2.24, 2.45) is 0 Å². The van der Waals surface area contributed by atoms with Gasteiger partial charge in [0.05, 0.1) is 19.8 Å². The number of likely N-dealkylation sites (tertiary alicyclic amines) is 1. The number of ether oxygens (including phenoxy) is 2. The Morgan fingerprint density at radius 3 is 2.29 bits per heavy atom. The Bertz CT molecular complexity index is 513. The standard InChI is InChI=1S/C11H18FNO7S/c1-11(2,3)19-10(15)13-6-7(20-21(12,16)17)5-8(13)9(14)18-4/h7-8H,5-6H2,1-4H3/t7-,8+/m1/s1. The molecule has 0 aliphatic carbocycles. The summed E-state index contributed by atoms with van der Waals surface area (Å²) in [5.74, 6) is -0.761. The summed E-state index contributed by atoms with van der Waals surface area (Å²) >= 11 is 0. The number of carbonyl (C=O) groups excluding carboxylic acids is 2. The van der Waals surface area contributed by atoms with Crippen LogP contribution >= 0.6 is 0 Å². The lowest BCUT2D eigenvalue weighted by Crippen LogP contribution is -2.44. The number of esters is 1. The summed E-state index contributed by atoms with van der Waals surface area (Å²) in [6.07, 6.45) is -2.20. The van der Waals surface area contributed by atoms with Crippen LogP contribution in [-0.2, 0) is 29.0 Å². The van der Waals surface area contributed by atoms with Crippen LogP contribution in [0.5, 0.6) is 0 Å². The molecular weight excluding hydrogens is 309 g/mol. The molecule has 1 rings (SSSR count). The van der Waals surface area contributed by atoms with Crippen molar-refractivity contribution >= 4 is 22.6 Å². The van der Waals surface area contributed by atoms with Crippen molar-refractivity contribution < 1.29 is 35.5 Å². The topological polar surface area (TPSA) is 99.2 Å². The predicted octanol–water partition coefficient (Wildman–Crippen LogP) is 0.768. The van der Waals surface area contributed by atoms with E-state index >= 15 is 0 Å². The number of hydrogen-bond acceptors (Lipinski definition) is 7. The van der Waals surface area contributed by atoms with E-state index < -0.39 is 40.3 Å². The first-order chi connectivity index (χ1) is 9.43. The van der Waals surface area contributed by atoms with E-state index in [2.05, 4.69) is 8.92 Å². The van der Waals surface area contributed by atoms with Crippen LogP contribution in [0.1, 0.15) is 27.2 Å². The molecular formula is C11H18FNO7S. The highest BCUT2D eigenvalue weighted by molar-refractivity contribution is 7.81. The zero-order valence-electron chi connectivity index (χ0n) is 12.2. The molecule has 0 spiro atoms. The highest BCUT2D eigenvalue weighted by Gasteiger charge is 2.44. The van der Waals surface area contributed by atoms with Crippen LogP contribution in [-0.4, -0.2) is 56.8 Å². The van der Waals surface area contributed by atoms with Crippen molar-refractivity contribution in [3.63, 3.8) is 0 Å². The van der Waals surface area contributed by atoms with E-state index in [-0.39, 0.29) is 13.0 Å². The highest BCUT2D eigenvalue weighted by atomic mass is 32.3. The second kappa shape index (κ2) is 6.14. The lowest BCUT2D eigenvalue weighted by atomic mass is 10.2. The second-order valence-electron chi connectivity index (χ2n) is 5.52. The Kier molecular flexibility index (Phi) is 5.16. The van der Waals surface area contributed by atoms with Crippen molar-refractivity contribution in [3.8, 4) is 0 Å². The average molecular weight is 327 g/mol. The van der Waals surface area contributed by atoms with E-state index in [0.717, 1.165) is 12.0 Å². The third kappa shape index (κ3) is 5.46. The molecule has 2 atom stereocenters. The highest BCUT2D eigenvalue weighted by Crippen LogP contribution is 2.25. The predicted molar refractivity (Wildman–Crippen MR) is 68.3 cm³/mol. The van der Waals surface area contributed by atoms with Gasteiger partial charge >= 0.3 is 22.6 Å². The molecule has 10 heteroatoms. The molecule has 0 aromatic rings. The van der Waals surface area contributed by atoms with Gasteiger partial charge < -0.3 is 9.47 Å². The Morgan fingerprint density at radius 2 is 1.86 bits per heavy atom. The van der Waals surface area contributed by atoms with Crippen molar-refractivity contribution in [1.82, 2.24) is 4.90 Å². The zero-order valence-corrected chi connectivity index (χ0v) is 13.0. The summed E-state index contributed by atoms with van der Waals surface area (Å²) in [6, 6.07) is -1.09. The summed E-state index contributed by atoms with van der Waals surface area (Å²) in [4.78, 5) is 24.6. The van der Waals surface area contributed by atoms with Crippen LogP contribution in [0.3, 0.4) is 0 Å². The van der Waals surface area contributed by atoms with E-state index in [1.54, 1.807) is 20.8 Å². The molecule has 0 unspecified atom stereocenters. The minimum atomic E-state index is -5.18. The Hall–Kier alpha value is -1.42. The number of carbonyl (C=O) groups is 2. The van der Waals surface area contributed by atoms with Crippen LogP contribution in [0.4, 0.5) is 8.68 Å². The van der Waals surface area contributed by atoms with Gasteiger partial charge in [-0.1, -0.05) is 3.89 Å². The summed E-state index contributed by atoms with van der Waals surface area (Å²) in [7, 11) is -4.06. The molecule has 122 valence electrons. The maximum absolute atomic E-state index is 12.5. The molecule has 0 aromatic heterocycles. The Balaban J connectivity index is 2.88. The monoisotopic (exact) mass is 327 g/mol. The van der Waals surface area contributed by atoms with Crippen LogP contribution in [0, 0.1) is 0 Å². The molecule has 0 saturated carbocycles. The van der Waals surface area contributed by atoms with Gasteiger partial charge in [0.1, 0.15) is 11.6 Å². The first kappa shape index (κ1) is 17.6. The molecule has 1 fully saturated rings. The fourth-order valence-corrected chi connectivity index (χ4v) is 2.38. The van der Waals surface area contributed by atoms with Gasteiger partial charge in [0.2, 0.25) is 0 Å². The lowest BCUT2D eigenvalue weighted by molar-refractivity contribution is -0.145. The number of methoxy groups -OCH3 is 1. The van der Waals surface area contributed by atoms with Gasteiger partial charge in [0.25, 0.3) is 0 Å². The summed E-state index contributed by atoms with van der Waals surface area (Å²) in [6.45, 7) is 4.61. The van der Waals surface area contributed by atoms with E-state index in [1.807, 2.05) is 0 Å². The third-order valence-electron chi connectivity index (χ3n) is 2.61. The third-order valence-corrected chi connectivity index (χ3v) is 3.12. The van der Waals surface area contributed by atoms with Crippen molar-refractivity contribution in [2.75, 3.05) is 13.7 Å². The Morgan fingerprint density at radius 1 is 1.29 bits per heavy atom. The van der Waals surface area contributed by atoms with Crippen LogP contribution in [0.2, 0.25) is 0 Å². The quantitative estimate of drug-likeness (QED) is 0.557. The first-order valence-electron chi connectivity index (χ1n) is 6.13. The molecule has 0 radical (unpaired) electrons. The average Bonchev–Trinajstić information content (AvgIpc) is 2.67. The summed E-state index contributed by atoms with van der Waals surface area (Å²) in [5.41, 5.74) is -0.803. The largest absolute Gasteiger partial charge is 0.467 e. The molecule has 0 N–H and O–H groups in total. The first-order valence-corrected chi connectivity index (χ1v) is 7.44. The van der Waals surface area contributed by atoms with Gasteiger partial charge in [-0.25, -0.2) is 13.8 Å². The fourth-order valence-electron chi connectivity index (χ4n) is 1.91. The normalized spacial score (nSPS) is 23.0. The number of nitrogens with zero attached hydrogens (tertiary/aromatic N) is 1. The van der Waals surface area contributed by atoms with Crippen molar-refractivity contribution in [2.45, 2.75) is 44.9 Å². The maximum atomic E-state index is 12.5. The molecule has 0 aromatic carbocycles. The van der Waals surface area contributed by atoms with Gasteiger partial charge in [0, 0.05) is 6.42 Å². The summed E-state index contributed by atoms with van der Waals surface area (Å²) < 4.78 is 47.4. The second-order valence-corrected chi connectivity index (χ2v) is 6.50.